The summed E-state index contributed by atoms with van der Waals surface area (Å²) < 4.78 is 0. The number of fused-ring (bicyclic) bond motifs is 1. The summed E-state index contributed by atoms with van der Waals surface area (Å²) in [6.45, 7) is 0.442. The fraction of sp³-hybridized carbons (Fsp3) is 0.182. The van der Waals surface area contributed by atoms with Crippen molar-refractivity contribution in [2.24, 2.45) is 5.10 Å². The first-order chi connectivity index (χ1) is 14.1. The Morgan fingerprint density at radius 1 is 1.14 bits per heavy atom. The third-order valence-electron chi connectivity index (χ3n) is 5.00. The molecule has 3 aromatic rings. The van der Waals surface area contributed by atoms with Gasteiger partial charge in [0.2, 0.25) is 5.91 Å². The Hall–Kier alpha value is -3.74. The van der Waals surface area contributed by atoms with E-state index >= 15 is 0 Å². The van der Waals surface area contributed by atoms with Crippen LogP contribution >= 0.6 is 0 Å². The summed E-state index contributed by atoms with van der Waals surface area (Å²) in [5, 5.41) is 4.74. The lowest BCUT2D eigenvalue weighted by atomic mass is 9.99. The first-order valence-electron chi connectivity index (χ1n) is 9.37. The van der Waals surface area contributed by atoms with Crippen LogP contribution in [0.5, 0.6) is 0 Å². The van der Waals surface area contributed by atoms with Crippen LogP contribution in [0.4, 0.5) is 0 Å². The number of carbonyl (C=O) groups excluding carboxylic acids is 2. The van der Waals surface area contributed by atoms with E-state index in [-0.39, 0.29) is 23.9 Å². The van der Waals surface area contributed by atoms with Crippen molar-refractivity contribution in [3.05, 3.63) is 82.1 Å². The molecule has 7 heteroatoms. The molecule has 1 aliphatic heterocycles. The van der Waals surface area contributed by atoms with Gasteiger partial charge in [-0.15, -0.1) is 0 Å². The Morgan fingerprint density at radius 3 is 2.72 bits per heavy atom. The van der Waals surface area contributed by atoms with Gasteiger partial charge in [-0.2, -0.15) is 5.10 Å². The van der Waals surface area contributed by atoms with Crippen molar-refractivity contribution in [1.29, 1.82) is 0 Å². The predicted molar refractivity (Wildman–Crippen MR) is 111 cm³/mol. The number of likely N-dealkylation sites (tertiary alicyclic amines) is 1. The lowest BCUT2D eigenvalue weighted by Crippen LogP contribution is -2.36. The van der Waals surface area contributed by atoms with E-state index in [9.17, 15) is 14.4 Å². The van der Waals surface area contributed by atoms with Gasteiger partial charge in [-0.3, -0.25) is 14.4 Å². The molecule has 1 unspecified atom stereocenters. The quantitative estimate of drug-likeness (QED) is 0.517. The fourth-order valence-corrected chi connectivity index (χ4v) is 3.52. The average molecular weight is 388 g/mol. The zero-order valence-electron chi connectivity index (χ0n) is 15.7. The summed E-state index contributed by atoms with van der Waals surface area (Å²) in [5.41, 5.74) is 4.27. The number of nitrogens with zero attached hydrogens (tertiary/aromatic N) is 2. The van der Waals surface area contributed by atoms with E-state index in [1.807, 2.05) is 54.6 Å². The minimum atomic E-state index is -0.402. The lowest BCUT2D eigenvalue weighted by molar-refractivity contribution is -0.133. The van der Waals surface area contributed by atoms with Gasteiger partial charge in [-0.25, -0.2) is 5.43 Å². The van der Waals surface area contributed by atoms with Crippen LogP contribution in [0.3, 0.4) is 0 Å². The number of amides is 2. The molecular formula is C22H20N4O3. The van der Waals surface area contributed by atoms with E-state index in [4.69, 9.17) is 0 Å². The SMILES string of the molecule is O=C(CN1CC(c2ccccc2)CC1=O)NN=Cc1cc2ccccc2[nH]c1=O. The smallest absolute Gasteiger partial charge is 0.259 e. The van der Waals surface area contributed by atoms with Crippen LogP contribution in [-0.4, -0.2) is 41.0 Å². The van der Waals surface area contributed by atoms with Crippen molar-refractivity contribution in [2.45, 2.75) is 12.3 Å². The summed E-state index contributed by atoms with van der Waals surface area (Å²) in [6.07, 6.45) is 1.70. The van der Waals surface area contributed by atoms with Crippen molar-refractivity contribution >= 4 is 28.9 Å². The van der Waals surface area contributed by atoms with Crippen LogP contribution in [0.15, 0.2) is 70.6 Å². The maximum absolute atomic E-state index is 12.2. The van der Waals surface area contributed by atoms with Crippen LogP contribution in [0.25, 0.3) is 10.9 Å². The number of pyridine rings is 1. The molecule has 0 radical (unpaired) electrons. The monoisotopic (exact) mass is 388 g/mol. The van der Waals surface area contributed by atoms with E-state index in [1.54, 1.807) is 6.07 Å². The van der Waals surface area contributed by atoms with Gasteiger partial charge in [0.25, 0.3) is 11.5 Å². The van der Waals surface area contributed by atoms with Crippen molar-refractivity contribution in [3.63, 3.8) is 0 Å². The van der Waals surface area contributed by atoms with Crippen LogP contribution < -0.4 is 11.0 Å². The van der Waals surface area contributed by atoms with Crippen LogP contribution in [0.2, 0.25) is 0 Å². The summed E-state index contributed by atoms with van der Waals surface area (Å²) in [6, 6.07) is 18.9. The number of aromatic amines is 1. The molecule has 1 aromatic heterocycles. The second-order valence-corrected chi connectivity index (χ2v) is 7.02. The number of hydrazone groups is 1. The Bertz CT molecular complexity index is 1140. The van der Waals surface area contributed by atoms with Gasteiger partial charge >= 0.3 is 0 Å². The van der Waals surface area contributed by atoms with E-state index in [0.717, 1.165) is 16.5 Å². The molecule has 7 nitrogen and oxygen atoms in total. The summed E-state index contributed by atoms with van der Waals surface area (Å²) in [4.78, 5) is 40.8. The Morgan fingerprint density at radius 2 is 1.90 bits per heavy atom. The van der Waals surface area contributed by atoms with Crippen molar-refractivity contribution < 1.29 is 9.59 Å². The highest BCUT2D eigenvalue weighted by molar-refractivity contribution is 5.89. The fourth-order valence-electron chi connectivity index (χ4n) is 3.52. The van der Waals surface area contributed by atoms with Gasteiger partial charge in [0.1, 0.15) is 6.54 Å². The second kappa shape index (κ2) is 8.10. The van der Waals surface area contributed by atoms with Gasteiger partial charge in [0.15, 0.2) is 0 Å². The predicted octanol–water partition coefficient (Wildman–Crippen LogP) is 1.99. The highest BCUT2D eigenvalue weighted by Crippen LogP contribution is 2.27. The second-order valence-electron chi connectivity index (χ2n) is 7.02. The average Bonchev–Trinajstić information content (AvgIpc) is 3.09. The van der Waals surface area contributed by atoms with Crippen molar-refractivity contribution in [2.75, 3.05) is 13.1 Å². The third kappa shape index (κ3) is 4.24. The van der Waals surface area contributed by atoms with Crippen LogP contribution in [0.1, 0.15) is 23.5 Å². The molecule has 29 heavy (non-hydrogen) atoms. The maximum atomic E-state index is 12.2. The molecule has 2 amide bonds. The number of aromatic nitrogens is 1. The normalized spacial score (nSPS) is 16.6. The summed E-state index contributed by atoms with van der Waals surface area (Å²) in [5.74, 6) is -0.361. The Labute approximate surface area is 167 Å². The van der Waals surface area contributed by atoms with E-state index in [0.29, 0.717) is 18.5 Å². The largest absolute Gasteiger partial charge is 0.333 e. The van der Waals surface area contributed by atoms with E-state index in [2.05, 4.69) is 15.5 Å². The zero-order valence-corrected chi connectivity index (χ0v) is 15.7. The third-order valence-corrected chi connectivity index (χ3v) is 5.00. The van der Waals surface area contributed by atoms with Crippen LogP contribution in [-0.2, 0) is 9.59 Å². The molecule has 146 valence electrons. The number of nitrogens with one attached hydrogen (secondary N) is 2. The molecule has 0 spiro atoms. The summed E-state index contributed by atoms with van der Waals surface area (Å²) >= 11 is 0. The summed E-state index contributed by atoms with van der Waals surface area (Å²) in [7, 11) is 0. The highest BCUT2D eigenvalue weighted by Gasteiger charge is 2.31. The minimum Gasteiger partial charge on any atom is -0.333 e. The van der Waals surface area contributed by atoms with Gasteiger partial charge in [-0.1, -0.05) is 48.5 Å². The van der Waals surface area contributed by atoms with E-state index in [1.165, 1.54) is 11.1 Å². The van der Waals surface area contributed by atoms with Gasteiger partial charge in [0, 0.05) is 24.4 Å². The number of H-pyrrole nitrogens is 1. The topological polar surface area (TPSA) is 94.6 Å². The standard InChI is InChI=1S/C22H20N4O3/c27-20(14-26-13-18(11-21(26)28)15-6-2-1-3-7-15)25-23-12-17-10-16-8-4-5-9-19(16)24-22(17)29/h1-10,12,18H,11,13-14H2,(H,24,29)(H,25,27). The number of hydrogen-bond acceptors (Lipinski definition) is 4. The molecule has 2 heterocycles. The van der Waals surface area contributed by atoms with Gasteiger partial charge < -0.3 is 9.88 Å². The first-order valence-corrected chi connectivity index (χ1v) is 9.37. The molecule has 0 aliphatic carbocycles. The maximum Gasteiger partial charge on any atom is 0.259 e. The number of carbonyl (C=O) groups is 2. The lowest BCUT2D eigenvalue weighted by Gasteiger charge is -2.15. The molecule has 1 atom stereocenters. The van der Waals surface area contributed by atoms with Crippen molar-refractivity contribution in [3.8, 4) is 0 Å². The molecule has 0 saturated carbocycles. The van der Waals surface area contributed by atoms with Crippen molar-refractivity contribution in [1.82, 2.24) is 15.3 Å². The molecule has 1 saturated heterocycles. The molecule has 2 N–H and O–H groups in total. The highest BCUT2D eigenvalue weighted by atomic mass is 16.2. The molecule has 4 rings (SSSR count). The Kier molecular flexibility index (Phi) is 5.20. The Balaban J connectivity index is 1.36. The number of benzene rings is 2. The van der Waals surface area contributed by atoms with Crippen LogP contribution in [0, 0.1) is 0 Å². The minimum absolute atomic E-state index is 0.0519. The first kappa shape index (κ1) is 18.6. The van der Waals surface area contributed by atoms with Gasteiger partial charge in [0.05, 0.1) is 11.8 Å². The molecule has 2 aromatic carbocycles. The molecule has 1 fully saturated rings. The number of hydrogen-bond donors (Lipinski definition) is 2. The van der Waals surface area contributed by atoms with Gasteiger partial charge in [-0.05, 0) is 23.1 Å². The molecular weight excluding hydrogens is 368 g/mol. The van der Waals surface area contributed by atoms with E-state index < -0.39 is 5.91 Å². The zero-order chi connectivity index (χ0) is 20.2. The molecule has 1 aliphatic rings. The number of para-hydroxylation sites is 1. The molecule has 0 bridgehead atoms. The number of rotatable bonds is 5.